The number of amides is 4. The van der Waals surface area contributed by atoms with E-state index in [1.165, 1.54) is 0 Å². The molecular formula is C15H26N4O3S. The van der Waals surface area contributed by atoms with Gasteiger partial charge in [-0.15, -0.1) is 0 Å². The average Bonchev–Trinajstić information content (AvgIpc) is 3.02. The van der Waals surface area contributed by atoms with Crippen molar-refractivity contribution in [1.29, 1.82) is 0 Å². The van der Waals surface area contributed by atoms with E-state index < -0.39 is 0 Å². The number of hydrogen-bond acceptors (Lipinski definition) is 4. The summed E-state index contributed by atoms with van der Waals surface area (Å²) in [5.74, 6) is 0.638. The maximum Gasteiger partial charge on any atom is 0.317 e. The highest BCUT2D eigenvalue weighted by atomic mass is 32.2. The second kappa shape index (κ2) is 7.90. The fraction of sp³-hybridized carbons (Fsp3) is 0.800. The van der Waals surface area contributed by atoms with Gasteiger partial charge in [0.25, 0.3) is 0 Å². The van der Waals surface area contributed by atoms with Gasteiger partial charge < -0.3 is 20.9 Å². The number of unbranched alkanes of at least 4 members (excludes halogenated alkanes) is 1. The largest absolute Gasteiger partial charge is 0.370 e. The van der Waals surface area contributed by atoms with E-state index in [0.717, 1.165) is 25.0 Å². The molecule has 130 valence electrons. The number of carbonyl (C=O) groups excluding carboxylic acids is 3. The summed E-state index contributed by atoms with van der Waals surface area (Å²) in [5.41, 5.74) is 5.08. The molecule has 0 radical (unpaired) electrons. The Bertz CT molecular complexity index is 474. The number of likely N-dealkylation sites (N-methyl/N-ethyl adjacent to an activating group) is 1. The molecule has 7 nitrogen and oxygen atoms in total. The lowest BCUT2D eigenvalue weighted by atomic mass is 10.0. The zero-order valence-electron chi connectivity index (χ0n) is 13.8. The van der Waals surface area contributed by atoms with Gasteiger partial charge in [0.1, 0.15) is 0 Å². The smallest absolute Gasteiger partial charge is 0.317 e. The molecule has 2 aliphatic heterocycles. The summed E-state index contributed by atoms with van der Waals surface area (Å²) >= 11 is 1.91. The van der Waals surface area contributed by atoms with Crippen LogP contribution in [0, 0.1) is 0 Å². The van der Waals surface area contributed by atoms with Gasteiger partial charge in [-0.05, 0) is 12.8 Å². The summed E-state index contributed by atoms with van der Waals surface area (Å²) in [6.45, 7) is 0.384. The molecule has 0 aromatic heterocycles. The molecule has 8 heteroatoms. The van der Waals surface area contributed by atoms with Crippen LogP contribution in [0.2, 0.25) is 0 Å². The Balaban J connectivity index is 1.65. The number of hydrogen-bond donors (Lipinski definition) is 2. The van der Waals surface area contributed by atoms with Crippen LogP contribution in [0.25, 0.3) is 0 Å². The van der Waals surface area contributed by atoms with E-state index in [1.54, 1.807) is 11.9 Å². The third-order valence-corrected chi connectivity index (χ3v) is 6.10. The Kier molecular flexibility index (Phi) is 6.15. The number of urea groups is 1. The average molecular weight is 342 g/mol. The van der Waals surface area contributed by atoms with Crippen molar-refractivity contribution in [3.63, 3.8) is 0 Å². The number of nitrogens with zero attached hydrogens (tertiary/aromatic N) is 2. The fourth-order valence-corrected chi connectivity index (χ4v) is 4.83. The number of carbonyl (C=O) groups is 3. The van der Waals surface area contributed by atoms with Crippen molar-refractivity contribution in [2.45, 2.75) is 49.4 Å². The Morgan fingerprint density at radius 2 is 2.13 bits per heavy atom. The molecule has 2 unspecified atom stereocenters. The lowest BCUT2D eigenvalue weighted by Gasteiger charge is -2.23. The van der Waals surface area contributed by atoms with Crippen LogP contribution < -0.4 is 11.1 Å². The molecule has 4 amide bonds. The van der Waals surface area contributed by atoms with Crippen molar-refractivity contribution in [2.24, 2.45) is 5.73 Å². The van der Waals surface area contributed by atoms with Gasteiger partial charge in [0.15, 0.2) is 0 Å². The maximum atomic E-state index is 11.9. The lowest BCUT2D eigenvalue weighted by molar-refractivity contribution is -0.130. The van der Waals surface area contributed by atoms with Crippen LogP contribution in [0.5, 0.6) is 0 Å². The van der Waals surface area contributed by atoms with Crippen LogP contribution >= 0.6 is 11.8 Å². The molecule has 0 aliphatic carbocycles. The van der Waals surface area contributed by atoms with Crippen molar-refractivity contribution in [3.05, 3.63) is 0 Å². The van der Waals surface area contributed by atoms with Crippen molar-refractivity contribution in [1.82, 2.24) is 15.1 Å². The van der Waals surface area contributed by atoms with Crippen LogP contribution in [0.1, 0.15) is 32.1 Å². The number of thioether (sulfide) groups is 1. The SMILES string of the molecule is CN(CCC(N)=O)C(=O)CCCC[C@@H]1SCC2NC(=O)N(C)C21. The zero-order chi connectivity index (χ0) is 17.0. The van der Waals surface area contributed by atoms with E-state index in [-0.39, 0.29) is 36.3 Å². The Labute approximate surface area is 141 Å². The summed E-state index contributed by atoms with van der Waals surface area (Å²) in [6.07, 6.45) is 3.52. The van der Waals surface area contributed by atoms with Gasteiger partial charge in [0.05, 0.1) is 12.1 Å². The van der Waals surface area contributed by atoms with Gasteiger partial charge in [-0.2, -0.15) is 11.8 Å². The van der Waals surface area contributed by atoms with Crippen LogP contribution in [0.4, 0.5) is 4.79 Å². The summed E-state index contributed by atoms with van der Waals surface area (Å²) in [6, 6.07) is 0.571. The molecular weight excluding hydrogens is 316 g/mol. The predicted molar refractivity (Wildman–Crippen MR) is 90.0 cm³/mol. The van der Waals surface area contributed by atoms with E-state index in [0.29, 0.717) is 18.2 Å². The zero-order valence-corrected chi connectivity index (χ0v) is 14.6. The normalized spacial score (nSPS) is 26.1. The minimum absolute atomic E-state index is 0.0246. The van der Waals surface area contributed by atoms with Gasteiger partial charge in [-0.1, -0.05) is 6.42 Å². The summed E-state index contributed by atoms with van der Waals surface area (Å²) in [5, 5.41) is 3.46. The second-order valence-corrected chi connectivity index (χ2v) is 7.58. The van der Waals surface area contributed by atoms with Gasteiger partial charge in [0, 0.05) is 44.5 Å². The van der Waals surface area contributed by atoms with Crippen LogP contribution in [-0.2, 0) is 9.59 Å². The van der Waals surface area contributed by atoms with E-state index in [1.807, 2.05) is 23.7 Å². The Hall–Kier alpha value is -1.44. The predicted octanol–water partition coefficient (Wildman–Crippen LogP) is 0.388. The third kappa shape index (κ3) is 4.53. The monoisotopic (exact) mass is 342 g/mol. The van der Waals surface area contributed by atoms with Crippen LogP contribution in [0.3, 0.4) is 0 Å². The summed E-state index contributed by atoms with van der Waals surface area (Å²) in [7, 11) is 3.56. The standard InChI is InChI=1S/C15H26N4O3S/c1-18(8-7-12(16)20)13(21)6-4-3-5-11-14-10(9-23-11)17-15(22)19(14)2/h10-11,14H,3-9H2,1-2H3,(H2,16,20)(H,17,22)/t10?,11-,14?/m0/s1. The molecule has 0 spiro atoms. The summed E-state index contributed by atoms with van der Waals surface area (Å²) in [4.78, 5) is 37.7. The molecule has 2 fully saturated rings. The molecule has 2 saturated heterocycles. The van der Waals surface area contributed by atoms with E-state index >= 15 is 0 Å². The van der Waals surface area contributed by atoms with Crippen LogP contribution in [-0.4, -0.2) is 71.4 Å². The molecule has 0 aromatic carbocycles. The first kappa shape index (κ1) is 17.9. The minimum Gasteiger partial charge on any atom is -0.370 e. The highest BCUT2D eigenvalue weighted by Crippen LogP contribution is 2.36. The molecule has 0 bridgehead atoms. The van der Waals surface area contributed by atoms with Crippen LogP contribution in [0.15, 0.2) is 0 Å². The van der Waals surface area contributed by atoms with Gasteiger partial charge in [0.2, 0.25) is 11.8 Å². The van der Waals surface area contributed by atoms with Gasteiger partial charge in [-0.25, -0.2) is 4.79 Å². The van der Waals surface area contributed by atoms with Gasteiger partial charge >= 0.3 is 6.03 Å². The quantitative estimate of drug-likeness (QED) is 0.493. The maximum absolute atomic E-state index is 11.9. The van der Waals surface area contributed by atoms with Crippen molar-refractivity contribution >= 4 is 29.6 Å². The molecule has 23 heavy (non-hydrogen) atoms. The molecule has 2 heterocycles. The first-order valence-electron chi connectivity index (χ1n) is 8.07. The molecule has 2 rings (SSSR count). The van der Waals surface area contributed by atoms with Crippen molar-refractivity contribution in [2.75, 3.05) is 26.4 Å². The van der Waals surface area contributed by atoms with E-state index in [2.05, 4.69) is 5.32 Å². The Morgan fingerprint density at radius 3 is 2.83 bits per heavy atom. The Morgan fingerprint density at radius 1 is 1.39 bits per heavy atom. The fourth-order valence-electron chi connectivity index (χ4n) is 3.20. The van der Waals surface area contributed by atoms with E-state index in [4.69, 9.17) is 5.73 Å². The third-order valence-electron chi connectivity index (χ3n) is 4.61. The topological polar surface area (TPSA) is 95.7 Å². The van der Waals surface area contributed by atoms with Gasteiger partial charge in [-0.3, -0.25) is 9.59 Å². The molecule has 3 atom stereocenters. The molecule has 2 aliphatic rings. The minimum atomic E-state index is -0.388. The summed E-state index contributed by atoms with van der Waals surface area (Å²) < 4.78 is 0. The highest BCUT2D eigenvalue weighted by Gasteiger charge is 2.46. The molecule has 0 saturated carbocycles. The second-order valence-electron chi connectivity index (χ2n) is 6.31. The number of rotatable bonds is 8. The number of nitrogens with one attached hydrogen (secondary N) is 1. The lowest BCUT2D eigenvalue weighted by Crippen LogP contribution is -2.38. The molecule has 0 aromatic rings. The number of primary amides is 1. The highest BCUT2D eigenvalue weighted by molar-refractivity contribution is 8.00. The van der Waals surface area contributed by atoms with Crippen molar-refractivity contribution < 1.29 is 14.4 Å². The number of nitrogens with two attached hydrogens (primary N) is 1. The number of fused-ring (bicyclic) bond motifs is 1. The van der Waals surface area contributed by atoms with Crippen molar-refractivity contribution in [3.8, 4) is 0 Å². The molecule has 3 N–H and O–H groups in total. The van der Waals surface area contributed by atoms with E-state index in [9.17, 15) is 14.4 Å². The first-order chi connectivity index (χ1) is 10.9. The first-order valence-corrected chi connectivity index (χ1v) is 9.12.